The number of nitrogens with zero attached hydrogens (tertiary/aromatic N) is 2. The van der Waals surface area contributed by atoms with E-state index in [1.807, 2.05) is 11.8 Å². The van der Waals surface area contributed by atoms with Crippen LogP contribution in [0.25, 0.3) is 0 Å². The van der Waals surface area contributed by atoms with E-state index in [9.17, 15) is 4.79 Å². The lowest BCUT2D eigenvalue weighted by Crippen LogP contribution is -2.31. The third kappa shape index (κ3) is 3.70. The first-order valence-corrected chi connectivity index (χ1v) is 7.97. The molecule has 2 fully saturated rings. The fourth-order valence-electron chi connectivity index (χ4n) is 3.14. The van der Waals surface area contributed by atoms with Crippen LogP contribution in [-0.2, 0) is 6.42 Å². The van der Waals surface area contributed by atoms with Gasteiger partial charge in [-0.25, -0.2) is 4.98 Å². The van der Waals surface area contributed by atoms with E-state index in [-0.39, 0.29) is 30.7 Å². The number of aryl methyl sites for hydroxylation is 2. The summed E-state index contributed by atoms with van der Waals surface area (Å²) in [4.78, 5) is 20.0. The Labute approximate surface area is 142 Å². The van der Waals surface area contributed by atoms with E-state index < -0.39 is 0 Å². The minimum absolute atomic E-state index is 0. The largest absolute Gasteiger partial charge is 0.337 e. The van der Waals surface area contributed by atoms with Crippen molar-refractivity contribution in [1.82, 2.24) is 15.2 Å². The van der Waals surface area contributed by atoms with Crippen molar-refractivity contribution in [3.63, 3.8) is 0 Å². The summed E-state index contributed by atoms with van der Waals surface area (Å²) in [5.41, 5.74) is 0.911. The van der Waals surface area contributed by atoms with Gasteiger partial charge in [-0.05, 0) is 31.6 Å². The molecule has 0 aliphatic carbocycles. The Morgan fingerprint density at radius 2 is 1.95 bits per heavy atom. The number of hydrogen-bond acceptors (Lipinski definition) is 4. The van der Waals surface area contributed by atoms with E-state index in [1.54, 1.807) is 11.3 Å². The lowest BCUT2D eigenvalue weighted by Gasteiger charge is -2.16. The topological polar surface area (TPSA) is 45.2 Å². The van der Waals surface area contributed by atoms with Crippen molar-refractivity contribution in [2.75, 3.05) is 26.2 Å². The third-order valence-electron chi connectivity index (χ3n) is 4.18. The van der Waals surface area contributed by atoms with Gasteiger partial charge >= 0.3 is 0 Å². The van der Waals surface area contributed by atoms with Crippen molar-refractivity contribution >= 4 is 42.1 Å². The number of aromatic nitrogens is 1. The molecule has 2 aliphatic rings. The Balaban J connectivity index is 0.00000110. The molecule has 3 rings (SSSR count). The predicted octanol–water partition coefficient (Wildman–Crippen LogP) is 2.54. The Bertz CT molecular complexity index is 483. The van der Waals surface area contributed by atoms with Crippen LogP contribution in [0.1, 0.15) is 33.7 Å². The molecule has 21 heavy (non-hydrogen) atoms. The summed E-state index contributed by atoms with van der Waals surface area (Å²) in [6.45, 7) is 8.07. The molecule has 0 aromatic carbocycles. The molecular weight excluding hydrogens is 329 g/mol. The van der Waals surface area contributed by atoms with Gasteiger partial charge in [0.1, 0.15) is 4.88 Å². The summed E-state index contributed by atoms with van der Waals surface area (Å²) in [7, 11) is 0. The molecule has 4 nitrogen and oxygen atoms in total. The molecule has 2 aliphatic heterocycles. The number of amides is 1. The summed E-state index contributed by atoms with van der Waals surface area (Å²) >= 11 is 1.59. The second-order valence-corrected chi connectivity index (χ2v) is 6.74. The predicted molar refractivity (Wildman–Crippen MR) is 91.1 cm³/mol. The fourth-order valence-corrected chi connectivity index (χ4v) is 4.27. The first-order chi connectivity index (χ1) is 9.19. The molecule has 0 radical (unpaired) electrons. The van der Waals surface area contributed by atoms with E-state index in [2.05, 4.69) is 17.2 Å². The van der Waals surface area contributed by atoms with Crippen LogP contribution in [0.4, 0.5) is 0 Å². The molecule has 0 bridgehead atoms. The number of fused-ring (bicyclic) bond motifs is 1. The molecule has 0 spiro atoms. The standard InChI is InChI=1S/C14H21N3OS.2ClH/c1-3-4-12-16-9(2)13(19-12)14(18)17-7-10-5-15-6-11(10)8-17;;/h10-11,15H,3-8H2,1-2H3;2*1H/t10-,11+;;. The number of carbonyl (C=O) groups excluding carboxylic acids is 1. The van der Waals surface area contributed by atoms with E-state index >= 15 is 0 Å². The zero-order valence-corrected chi connectivity index (χ0v) is 14.9. The number of likely N-dealkylation sites (tertiary alicyclic amines) is 1. The van der Waals surface area contributed by atoms with Gasteiger partial charge in [0.15, 0.2) is 0 Å². The van der Waals surface area contributed by atoms with Crippen molar-refractivity contribution in [2.45, 2.75) is 26.7 Å². The minimum atomic E-state index is 0. The van der Waals surface area contributed by atoms with E-state index in [0.29, 0.717) is 11.8 Å². The van der Waals surface area contributed by atoms with Gasteiger partial charge in [-0.15, -0.1) is 36.2 Å². The molecule has 7 heteroatoms. The van der Waals surface area contributed by atoms with Gasteiger partial charge in [-0.3, -0.25) is 4.79 Å². The highest BCUT2D eigenvalue weighted by molar-refractivity contribution is 7.13. The van der Waals surface area contributed by atoms with Crippen LogP contribution in [0.3, 0.4) is 0 Å². The lowest BCUT2D eigenvalue weighted by molar-refractivity contribution is 0.0785. The zero-order chi connectivity index (χ0) is 13.4. The van der Waals surface area contributed by atoms with Crippen LogP contribution in [0.2, 0.25) is 0 Å². The molecule has 1 N–H and O–H groups in total. The quantitative estimate of drug-likeness (QED) is 0.909. The summed E-state index contributed by atoms with van der Waals surface area (Å²) in [6.07, 6.45) is 2.06. The van der Waals surface area contributed by atoms with E-state index in [4.69, 9.17) is 0 Å². The van der Waals surface area contributed by atoms with Gasteiger partial charge in [0.05, 0.1) is 10.7 Å². The van der Waals surface area contributed by atoms with Gasteiger partial charge in [-0.2, -0.15) is 0 Å². The summed E-state index contributed by atoms with van der Waals surface area (Å²) in [5, 5.41) is 4.51. The van der Waals surface area contributed by atoms with Crippen LogP contribution in [-0.4, -0.2) is 42.0 Å². The molecule has 120 valence electrons. The molecule has 0 unspecified atom stereocenters. The van der Waals surface area contributed by atoms with Crippen LogP contribution < -0.4 is 5.32 Å². The van der Waals surface area contributed by atoms with Gasteiger partial charge in [-0.1, -0.05) is 6.92 Å². The Morgan fingerprint density at radius 3 is 2.52 bits per heavy atom. The first kappa shape index (κ1) is 18.7. The van der Waals surface area contributed by atoms with Crippen LogP contribution in [0, 0.1) is 18.8 Å². The highest BCUT2D eigenvalue weighted by atomic mass is 35.5. The molecular formula is C14H23Cl2N3OS. The Hall–Kier alpha value is -0.360. The van der Waals surface area contributed by atoms with Crippen LogP contribution in [0.15, 0.2) is 0 Å². The molecule has 1 aromatic heterocycles. The van der Waals surface area contributed by atoms with Gasteiger partial charge in [0.25, 0.3) is 5.91 Å². The molecule has 2 saturated heterocycles. The Morgan fingerprint density at radius 1 is 1.33 bits per heavy atom. The lowest BCUT2D eigenvalue weighted by atomic mass is 10.0. The average molecular weight is 352 g/mol. The van der Waals surface area contributed by atoms with Crippen molar-refractivity contribution in [2.24, 2.45) is 11.8 Å². The zero-order valence-electron chi connectivity index (χ0n) is 12.4. The summed E-state index contributed by atoms with van der Waals surface area (Å²) < 4.78 is 0. The molecule has 3 heterocycles. The maximum Gasteiger partial charge on any atom is 0.265 e. The minimum Gasteiger partial charge on any atom is -0.337 e. The van der Waals surface area contributed by atoms with E-state index in [0.717, 1.165) is 54.6 Å². The summed E-state index contributed by atoms with van der Waals surface area (Å²) in [5.74, 6) is 1.52. The van der Waals surface area contributed by atoms with Gasteiger partial charge in [0.2, 0.25) is 0 Å². The second kappa shape index (κ2) is 7.77. The number of hydrogen-bond donors (Lipinski definition) is 1. The maximum absolute atomic E-state index is 12.6. The number of rotatable bonds is 3. The van der Waals surface area contributed by atoms with E-state index in [1.165, 1.54) is 0 Å². The van der Waals surface area contributed by atoms with Gasteiger partial charge in [0, 0.05) is 26.2 Å². The number of nitrogens with one attached hydrogen (secondary N) is 1. The molecule has 1 aromatic rings. The summed E-state index contributed by atoms with van der Waals surface area (Å²) in [6, 6.07) is 0. The molecule has 2 atom stereocenters. The van der Waals surface area contributed by atoms with Crippen molar-refractivity contribution < 1.29 is 4.79 Å². The maximum atomic E-state index is 12.6. The molecule has 1 amide bonds. The number of halogens is 2. The van der Waals surface area contributed by atoms with Crippen molar-refractivity contribution in [3.8, 4) is 0 Å². The Kier molecular flexibility index (Phi) is 6.91. The SMILES string of the molecule is CCCc1nc(C)c(C(=O)N2C[C@H]3CNC[C@H]3C2)s1.Cl.Cl. The monoisotopic (exact) mass is 351 g/mol. The number of thiazole rings is 1. The van der Waals surface area contributed by atoms with Crippen LogP contribution >= 0.6 is 36.2 Å². The second-order valence-electron chi connectivity index (χ2n) is 5.66. The normalized spacial score (nSPS) is 23.4. The van der Waals surface area contributed by atoms with Crippen molar-refractivity contribution in [3.05, 3.63) is 15.6 Å². The van der Waals surface area contributed by atoms with Gasteiger partial charge < -0.3 is 10.2 Å². The smallest absolute Gasteiger partial charge is 0.265 e. The fraction of sp³-hybridized carbons (Fsp3) is 0.714. The average Bonchev–Trinajstić information content (AvgIpc) is 3.02. The molecule has 0 saturated carbocycles. The first-order valence-electron chi connectivity index (χ1n) is 7.15. The van der Waals surface area contributed by atoms with Crippen LogP contribution in [0.5, 0.6) is 0 Å². The highest BCUT2D eigenvalue weighted by Crippen LogP contribution is 2.29. The van der Waals surface area contributed by atoms with Crippen molar-refractivity contribution in [1.29, 1.82) is 0 Å². The third-order valence-corrected chi connectivity index (χ3v) is 5.38. The number of carbonyl (C=O) groups is 1. The highest BCUT2D eigenvalue weighted by Gasteiger charge is 2.38.